The van der Waals surface area contributed by atoms with Crippen LogP contribution in [0.15, 0.2) is 23.1 Å². The van der Waals surface area contributed by atoms with Gasteiger partial charge in [0.25, 0.3) is 0 Å². The van der Waals surface area contributed by atoms with E-state index in [0.29, 0.717) is 43.1 Å². The number of rotatable bonds is 8. The fraction of sp³-hybridized carbons (Fsp3) is 0.538. The van der Waals surface area contributed by atoms with Crippen LogP contribution < -0.4 is 4.72 Å². The molecular formula is C13H19N3O3S2. The summed E-state index contributed by atoms with van der Waals surface area (Å²) in [6.45, 7) is 5.73. The molecule has 21 heavy (non-hydrogen) atoms. The summed E-state index contributed by atoms with van der Waals surface area (Å²) in [4.78, 5) is 0.178. The highest BCUT2D eigenvalue weighted by molar-refractivity contribution is 7.89. The van der Waals surface area contributed by atoms with E-state index in [1.54, 1.807) is 18.2 Å². The van der Waals surface area contributed by atoms with Gasteiger partial charge in [0.05, 0.1) is 11.7 Å². The first kappa shape index (κ1) is 16.3. The third-order valence-electron chi connectivity index (χ3n) is 2.75. The molecule has 0 bridgehead atoms. The second kappa shape index (κ2) is 7.26. The number of nitrogens with one attached hydrogen (secondary N) is 1. The summed E-state index contributed by atoms with van der Waals surface area (Å²) >= 11 is 1.01. The van der Waals surface area contributed by atoms with Crippen molar-refractivity contribution >= 4 is 32.8 Å². The van der Waals surface area contributed by atoms with Crippen molar-refractivity contribution in [2.75, 3.05) is 19.8 Å². The molecule has 0 saturated heterocycles. The molecule has 8 heteroatoms. The summed E-state index contributed by atoms with van der Waals surface area (Å²) in [6, 6.07) is 4.96. The van der Waals surface area contributed by atoms with Gasteiger partial charge >= 0.3 is 0 Å². The zero-order valence-corrected chi connectivity index (χ0v) is 13.7. The molecule has 2 aromatic rings. The zero-order chi connectivity index (χ0) is 15.3. The molecule has 6 nitrogen and oxygen atoms in total. The molecule has 1 N–H and O–H groups in total. The molecule has 1 aromatic carbocycles. The molecule has 0 unspecified atom stereocenters. The Kier molecular flexibility index (Phi) is 5.63. The van der Waals surface area contributed by atoms with Crippen LogP contribution in [0, 0.1) is 5.92 Å². The smallest absolute Gasteiger partial charge is 0.242 e. The summed E-state index contributed by atoms with van der Waals surface area (Å²) in [5.41, 5.74) is 1.02. The van der Waals surface area contributed by atoms with Crippen LogP contribution in [0.4, 0.5) is 0 Å². The van der Waals surface area contributed by atoms with Crippen molar-refractivity contribution < 1.29 is 13.2 Å². The van der Waals surface area contributed by atoms with Gasteiger partial charge in [-0.25, -0.2) is 13.1 Å². The minimum Gasteiger partial charge on any atom is -0.381 e. The highest BCUT2D eigenvalue weighted by Gasteiger charge is 2.18. The highest BCUT2D eigenvalue weighted by atomic mass is 32.2. The average molecular weight is 329 g/mol. The lowest BCUT2D eigenvalue weighted by Crippen LogP contribution is -2.26. The Balaban J connectivity index is 1.92. The number of aromatic nitrogens is 2. The van der Waals surface area contributed by atoms with E-state index in [2.05, 4.69) is 27.3 Å². The van der Waals surface area contributed by atoms with Gasteiger partial charge < -0.3 is 4.74 Å². The molecule has 0 aliphatic carbocycles. The van der Waals surface area contributed by atoms with Crippen LogP contribution >= 0.6 is 11.7 Å². The fourth-order valence-corrected chi connectivity index (χ4v) is 3.61. The molecule has 2 rings (SSSR count). The highest BCUT2D eigenvalue weighted by Crippen LogP contribution is 2.20. The van der Waals surface area contributed by atoms with E-state index in [4.69, 9.17) is 4.74 Å². The lowest BCUT2D eigenvalue weighted by Gasteiger charge is -2.08. The molecule has 0 fully saturated rings. The molecular weight excluding hydrogens is 310 g/mol. The number of sulfonamides is 1. The van der Waals surface area contributed by atoms with Crippen molar-refractivity contribution in [3.05, 3.63) is 18.2 Å². The van der Waals surface area contributed by atoms with Crippen LogP contribution in [0.25, 0.3) is 11.0 Å². The van der Waals surface area contributed by atoms with Gasteiger partial charge in [0.2, 0.25) is 10.0 Å². The van der Waals surface area contributed by atoms with Gasteiger partial charge in [-0.2, -0.15) is 8.75 Å². The predicted octanol–water partition coefficient (Wildman–Crippen LogP) is 2.03. The maximum Gasteiger partial charge on any atom is 0.242 e. The third kappa shape index (κ3) is 4.44. The SMILES string of the molecule is CC(C)COCCCNS(=O)(=O)c1cccc2nsnc12. The van der Waals surface area contributed by atoms with Crippen LogP contribution in [0.3, 0.4) is 0 Å². The van der Waals surface area contributed by atoms with E-state index in [-0.39, 0.29) is 4.90 Å². The van der Waals surface area contributed by atoms with Crippen molar-refractivity contribution in [2.45, 2.75) is 25.2 Å². The summed E-state index contributed by atoms with van der Waals surface area (Å²) < 4.78 is 40.6. The molecule has 0 spiro atoms. The van der Waals surface area contributed by atoms with E-state index in [1.165, 1.54) is 0 Å². The van der Waals surface area contributed by atoms with Gasteiger partial charge in [-0.15, -0.1) is 0 Å². The lowest BCUT2D eigenvalue weighted by atomic mass is 10.2. The Labute approximate surface area is 128 Å². The van der Waals surface area contributed by atoms with Crippen molar-refractivity contribution in [1.29, 1.82) is 0 Å². The molecule has 1 heterocycles. The van der Waals surface area contributed by atoms with E-state index in [9.17, 15) is 8.42 Å². The molecule has 0 aliphatic heterocycles. The third-order valence-corrected chi connectivity index (χ3v) is 4.78. The summed E-state index contributed by atoms with van der Waals surface area (Å²) in [7, 11) is -3.56. The summed E-state index contributed by atoms with van der Waals surface area (Å²) in [5, 5.41) is 0. The molecule has 0 radical (unpaired) electrons. The van der Waals surface area contributed by atoms with Gasteiger partial charge in [-0.1, -0.05) is 19.9 Å². The van der Waals surface area contributed by atoms with Gasteiger partial charge in [0.1, 0.15) is 15.9 Å². The van der Waals surface area contributed by atoms with Gasteiger partial charge in [-0.3, -0.25) is 0 Å². The summed E-state index contributed by atoms with van der Waals surface area (Å²) in [6.07, 6.45) is 0.636. The Morgan fingerprint density at radius 3 is 2.90 bits per heavy atom. The zero-order valence-electron chi connectivity index (χ0n) is 12.1. The molecule has 116 valence electrons. The second-order valence-corrected chi connectivity index (χ2v) is 7.37. The number of benzene rings is 1. The van der Waals surface area contributed by atoms with Gasteiger partial charge in [0, 0.05) is 19.8 Å². The second-order valence-electron chi connectivity index (χ2n) is 5.11. The standard InChI is InChI=1S/C13H19N3O3S2/c1-10(2)9-19-8-4-7-14-21(17,18)12-6-3-5-11-13(12)16-20-15-11/h3,5-6,10,14H,4,7-9H2,1-2H3. The van der Waals surface area contributed by atoms with Crippen LogP contribution in [-0.4, -0.2) is 36.9 Å². The number of hydrogen-bond acceptors (Lipinski definition) is 6. The summed E-state index contributed by atoms with van der Waals surface area (Å²) in [5.74, 6) is 0.483. The van der Waals surface area contributed by atoms with Crippen LogP contribution in [0.1, 0.15) is 20.3 Å². The molecule has 1 aromatic heterocycles. The van der Waals surface area contributed by atoms with E-state index < -0.39 is 10.0 Å². The Bertz CT molecular complexity index is 683. The van der Waals surface area contributed by atoms with E-state index in [0.717, 1.165) is 11.7 Å². The Hall–Kier alpha value is -1.09. The Morgan fingerprint density at radius 1 is 1.33 bits per heavy atom. The molecule has 0 amide bonds. The largest absolute Gasteiger partial charge is 0.381 e. The minimum absolute atomic E-state index is 0.178. The topological polar surface area (TPSA) is 81.2 Å². The molecule has 0 aliphatic rings. The van der Waals surface area contributed by atoms with Crippen molar-refractivity contribution in [1.82, 2.24) is 13.5 Å². The fourth-order valence-electron chi connectivity index (χ4n) is 1.78. The minimum atomic E-state index is -3.56. The van der Waals surface area contributed by atoms with E-state index >= 15 is 0 Å². The molecule has 0 saturated carbocycles. The first-order valence-electron chi connectivity index (χ1n) is 6.79. The van der Waals surface area contributed by atoms with Crippen LogP contribution in [-0.2, 0) is 14.8 Å². The maximum atomic E-state index is 12.3. The first-order valence-corrected chi connectivity index (χ1v) is 9.01. The van der Waals surface area contributed by atoms with E-state index in [1.807, 2.05) is 0 Å². The normalized spacial score (nSPS) is 12.3. The van der Waals surface area contributed by atoms with Gasteiger partial charge in [-0.05, 0) is 24.5 Å². The van der Waals surface area contributed by atoms with Crippen LogP contribution in [0.2, 0.25) is 0 Å². The molecule has 0 atom stereocenters. The first-order chi connectivity index (χ1) is 10.0. The monoisotopic (exact) mass is 329 g/mol. The number of hydrogen-bond donors (Lipinski definition) is 1. The number of fused-ring (bicyclic) bond motifs is 1. The number of nitrogens with zero attached hydrogens (tertiary/aromatic N) is 2. The van der Waals surface area contributed by atoms with Crippen LogP contribution in [0.5, 0.6) is 0 Å². The quantitative estimate of drug-likeness (QED) is 0.750. The number of ether oxygens (including phenoxy) is 1. The maximum absolute atomic E-state index is 12.3. The lowest BCUT2D eigenvalue weighted by molar-refractivity contribution is 0.108. The van der Waals surface area contributed by atoms with Crippen molar-refractivity contribution in [2.24, 2.45) is 5.92 Å². The average Bonchev–Trinajstić information content (AvgIpc) is 2.90. The Morgan fingerprint density at radius 2 is 2.14 bits per heavy atom. The van der Waals surface area contributed by atoms with Gasteiger partial charge in [0.15, 0.2) is 0 Å². The predicted molar refractivity (Wildman–Crippen MR) is 82.9 cm³/mol. The van der Waals surface area contributed by atoms with Crippen molar-refractivity contribution in [3.63, 3.8) is 0 Å². The van der Waals surface area contributed by atoms with Crippen molar-refractivity contribution in [3.8, 4) is 0 Å².